The highest BCUT2D eigenvalue weighted by Crippen LogP contribution is 2.30. The first kappa shape index (κ1) is 14.5. The summed E-state index contributed by atoms with van der Waals surface area (Å²) in [7, 11) is 4.04. The Kier molecular flexibility index (Phi) is 6.52. The van der Waals surface area contributed by atoms with E-state index in [2.05, 4.69) is 10.2 Å². The second-order valence-corrected chi connectivity index (χ2v) is 5.39. The minimum Gasteiger partial charge on any atom is -0.355 e. The number of rotatable bonds is 6. The third-order valence-electron chi connectivity index (χ3n) is 3.65. The van der Waals surface area contributed by atoms with Crippen molar-refractivity contribution in [3.05, 3.63) is 0 Å². The van der Waals surface area contributed by atoms with Gasteiger partial charge in [0.05, 0.1) is 0 Å². The van der Waals surface area contributed by atoms with Crippen LogP contribution >= 0.6 is 0 Å². The molecule has 1 fully saturated rings. The predicted molar refractivity (Wildman–Crippen MR) is 70.7 cm³/mol. The van der Waals surface area contributed by atoms with Gasteiger partial charge in [-0.2, -0.15) is 0 Å². The first-order valence-corrected chi connectivity index (χ1v) is 6.76. The molecule has 0 saturated heterocycles. The molecule has 0 heterocycles. The molecule has 0 bridgehead atoms. The van der Waals surface area contributed by atoms with Gasteiger partial charge in [-0.05, 0) is 58.7 Å². The summed E-state index contributed by atoms with van der Waals surface area (Å²) in [5.74, 6) is 1.25. The monoisotopic (exact) mass is 241 g/mol. The quantitative estimate of drug-likeness (QED) is 0.724. The molecular formula is C13H27N3O. The zero-order valence-electron chi connectivity index (χ0n) is 11.2. The van der Waals surface area contributed by atoms with Gasteiger partial charge in [0.15, 0.2) is 0 Å². The maximum absolute atomic E-state index is 11.9. The van der Waals surface area contributed by atoms with E-state index in [0.717, 1.165) is 44.8 Å². The number of carbonyl (C=O) groups excluding carboxylic acids is 1. The zero-order valence-corrected chi connectivity index (χ0v) is 11.2. The van der Waals surface area contributed by atoms with Crippen molar-refractivity contribution in [3.63, 3.8) is 0 Å². The first-order chi connectivity index (χ1) is 8.13. The lowest BCUT2D eigenvalue weighted by Crippen LogP contribution is -2.37. The summed E-state index contributed by atoms with van der Waals surface area (Å²) in [4.78, 5) is 14.0. The van der Waals surface area contributed by atoms with Gasteiger partial charge in [0, 0.05) is 19.0 Å². The third-order valence-corrected chi connectivity index (χ3v) is 3.65. The van der Waals surface area contributed by atoms with E-state index in [1.807, 2.05) is 14.1 Å². The number of hydrogen-bond donors (Lipinski definition) is 2. The molecule has 0 aliphatic heterocycles. The Morgan fingerprint density at radius 1 is 1.29 bits per heavy atom. The largest absolute Gasteiger partial charge is 0.355 e. The molecule has 0 spiro atoms. The summed E-state index contributed by atoms with van der Waals surface area (Å²) < 4.78 is 0. The first-order valence-electron chi connectivity index (χ1n) is 6.76. The average molecular weight is 241 g/mol. The second kappa shape index (κ2) is 7.67. The molecule has 1 rings (SSSR count). The Morgan fingerprint density at radius 2 is 1.94 bits per heavy atom. The average Bonchev–Trinajstić information content (AvgIpc) is 2.30. The van der Waals surface area contributed by atoms with Crippen molar-refractivity contribution < 1.29 is 4.79 Å². The van der Waals surface area contributed by atoms with Crippen molar-refractivity contribution in [1.29, 1.82) is 0 Å². The fraction of sp³-hybridized carbons (Fsp3) is 0.923. The van der Waals surface area contributed by atoms with Crippen molar-refractivity contribution in [1.82, 2.24) is 10.2 Å². The van der Waals surface area contributed by atoms with E-state index in [-0.39, 0.29) is 11.8 Å². The minimum absolute atomic E-state index is 0.242. The molecule has 1 aliphatic rings. The van der Waals surface area contributed by atoms with Crippen LogP contribution in [0, 0.1) is 11.8 Å². The number of amides is 1. The summed E-state index contributed by atoms with van der Waals surface area (Å²) in [5.41, 5.74) is 5.56. The summed E-state index contributed by atoms with van der Waals surface area (Å²) in [6, 6.07) is 0. The Hall–Kier alpha value is -0.610. The number of hydrogen-bond acceptors (Lipinski definition) is 3. The maximum atomic E-state index is 11.9. The van der Waals surface area contributed by atoms with Crippen molar-refractivity contribution in [3.8, 4) is 0 Å². The van der Waals surface area contributed by atoms with Gasteiger partial charge in [-0.3, -0.25) is 4.79 Å². The van der Waals surface area contributed by atoms with Gasteiger partial charge in [0.1, 0.15) is 0 Å². The van der Waals surface area contributed by atoms with Crippen LogP contribution in [0.2, 0.25) is 0 Å². The van der Waals surface area contributed by atoms with Crippen molar-refractivity contribution in [2.24, 2.45) is 17.6 Å². The molecule has 4 heteroatoms. The highest BCUT2D eigenvalue weighted by atomic mass is 16.1. The van der Waals surface area contributed by atoms with E-state index in [4.69, 9.17) is 5.73 Å². The van der Waals surface area contributed by atoms with Crippen LogP contribution in [-0.2, 0) is 4.79 Å². The van der Waals surface area contributed by atoms with Gasteiger partial charge in [0.25, 0.3) is 0 Å². The topological polar surface area (TPSA) is 58.4 Å². The number of carbonyl (C=O) groups is 1. The second-order valence-electron chi connectivity index (χ2n) is 5.39. The van der Waals surface area contributed by atoms with Gasteiger partial charge >= 0.3 is 0 Å². The molecule has 0 unspecified atom stereocenters. The van der Waals surface area contributed by atoms with Gasteiger partial charge in [-0.1, -0.05) is 0 Å². The van der Waals surface area contributed by atoms with Crippen molar-refractivity contribution in [2.75, 3.05) is 33.7 Å². The van der Waals surface area contributed by atoms with E-state index in [1.54, 1.807) is 0 Å². The fourth-order valence-electron chi connectivity index (χ4n) is 2.50. The van der Waals surface area contributed by atoms with Crippen LogP contribution in [0.5, 0.6) is 0 Å². The number of likely N-dealkylation sites (N-methyl/N-ethyl adjacent to an activating group) is 1. The molecule has 17 heavy (non-hydrogen) atoms. The van der Waals surface area contributed by atoms with Crippen LogP contribution in [-0.4, -0.2) is 44.5 Å². The number of nitrogens with zero attached hydrogens (tertiary/aromatic N) is 1. The van der Waals surface area contributed by atoms with Crippen molar-refractivity contribution >= 4 is 5.91 Å². The smallest absolute Gasteiger partial charge is 0.223 e. The lowest BCUT2D eigenvalue weighted by atomic mass is 9.80. The van der Waals surface area contributed by atoms with E-state index in [1.165, 1.54) is 12.8 Å². The normalized spacial score (nSPS) is 24.9. The molecule has 0 aromatic rings. The molecule has 1 aliphatic carbocycles. The number of nitrogens with two attached hydrogens (primary N) is 1. The zero-order chi connectivity index (χ0) is 12.7. The summed E-state index contributed by atoms with van der Waals surface area (Å²) in [6.07, 6.45) is 5.54. The van der Waals surface area contributed by atoms with E-state index >= 15 is 0 Å². The number of nitrogens with one attached hydrogen (secondary N) is 1. The fourth-order valence-corrected chi connectivity index (χ4v) is 2.50. The lowest BCUT2D eigenvalue weighted by Gasteiger charge is -2.27. The molecule has 0 atom stereocenters. The van der Waals surface area contributed by atoms with Gasteiger partial charge in [-0.25, -0.2) is 0 Å². The third kappa shape index (κ3) is 5.50. The van der Waals surface area contributed by atoms with E-state index in [9.17, 15) is 4.79 Å². The Labute approximate surface area is 105 Å². The standard InChI is InChI=1S/C13H27N3O/c1-16(2)10-9-15-13(17)12-5-3-11(4-6-12)7-8-14/h11-12H,3-10,14H2,1-2H3,(H,15,17). The Morgan fingerprint density at radius 3 is 2.47 bits per heavy atom. The minimum atomic E-state index is 0.242. The molecular weight excluding hydrogens is 214 g/mol. The van der Waals surface area contributed by atoms with Gasteiger partial charge in [0.2, 0.25) is 5.91 Å². The summed E-state index contributed by atoms with van der Waals surface area (Å²) in [5, 5.41) is 3.03. The molecule has 0 aromatic heterocycles. The van der Waals surface area contributed by atoms with Crippen LogP contribution in [0.25, 0.3) is 0 Å². The Bertz CT molecular complexity index is 223. The van der Waals surface area contributed by atoms with Crippen LogP contribution in [0.3, 0.4) is 0 Å². The highest BCUT2D eigenvalue weighted by molar-refractivity contribution is 5.78. The van der Waals surface area contributed by atoms with Crippen LogP contribution in [0.15, 0.2) is 0 Å². The summed E-state index contributed by atoms with van der Waals surface area (Å²) >= 11 is 0. The molecule has 0 radical (unpaired) electrons. The summed E-state index contributed by atoms with van der Waals surface area (Å²) in [6.45, 7) is 2.45. The molecule has 3 N–H and O–H groups in total. The van der Waals surface area contributed by atoms with Crippen LogP contribution in [0.4, 0.5) is 0 Å². The van der Waals surface area contributed by atoms with Crippen molar-refractivity contribution in [2.45, 2.75) is 32.1 Å². The Balaban J connectivity index is 2.17. The van der Waals surface area contributed by atoms with E-state index in [0.29, 0.717) is 0 Å². The van der Waals surface area contributed by atoms with Gasteiger partial charge < -0.3 is 16.0 Å². The SMILES string of the molecule is CN(C)CCNC(=O)C1CCC(CCN)CC1. The van der Waals surface area contributed by atoms with Crippen LogP contribution in [0.1, 0.15) is 32.1 Å². The van der Waals surface area contributed by atoms with E-state index < -0.39 is 0 Å². The molecule has 1 saturated carbocycles. The molecule has 1 amide bonds. The maximum Gasteiger partial charge on any atom is 0.223 e. The molecule has 100 valence electrons. The molecule has 0 aromatic carbocycles. The predicted octanol–water partition coefficient (Wildman–Crippen LogP) is 0.819. The van der Waals surface area contributed by atoms with Gasteiger partial charge in [-0.15, -0.1) is 0 Å². The highest BCUT2D eigenvalue weighted by Gasteiger charge is 2.25. The molecule has 4 nitrogen and oxygen atoms in total. The lowest BCUT2D eigenvalue weighted by molar-refractivity contribution is -0.126. The van der Waals surface area contributed by atoms with Crippen LogP contribution < -0.4 is 11.1 Å².